The maximum Gasteiger partial charge on any atom is 0.318 e. The Bertz CT molecular complexity index is 576. The summed E-state index contributed by atoms with van der Waals surface area (Å²) in [5.74, 6) is 0.889. The third-order valence-corrected chi connectivity index (χ3v) is 4.40. The Labute approximate surface area is 130 Å². The first-order valence-electron chi connectivity index (χ1n) is 7.61. The minimum Gasteiger partial charge on any atom is -0.490 e. The molecule has 2 amide bonds. The number of aliphatic hydroxyl groups is 1. The first kappa shape index (κ1) is 15.1. The molecule has 1 saturated heterocycles. The van der Waals surface area contributed by atoms with Gasteiger partial charge in [-0.2, -0.15) is 0 Å². The molecule has 1 aromatic rings. The van der Waals surface area contributed by atoms with Crippen LogP contribution in [0.1, 0.15) is 22.7 Å². The summed E-state index contributed by atoms with van der Waals surface area (Å²) in [6, 6.07) is 3.81. The summed E-state index contributed by atoms with van der Waals surface area (Å²) in [7, 11) is 0. The van der Waals surface area contributed by atoms with Gasteiger partial charge < -0.3 is 24.8 Å². The number of benzene rings is 1. The Kier molecular flexibility index (Phi) is 4.22. The molecule has 3 rings (SSSR count). The quantitative estimate of drug-likeness (QED) is 0.859. The molecule has 2 atom stereocenters. The molecule has 0 bridgehead atoms. The highest BCUT2D eigenvalue weighted by molar-refractivity contribution is 5.75. The molecule has 0 spiro atoms. The summed E-state index contributed by atoms with van der Waals surface area (Å²) in [4.78, 5) is 14.1. The predicted molar refractivity (Wildman–Crippen MR) is 81.1 cm³/mol. The number of amides is 2. The maximum absolute atomic E-state index is 12.4. The van der Waals surface area contributed by atoms with Crippen molar-refractivity contribution >= 4 is 6.03 Å². The van der Waals surface area contributed by atoms with Crippen LogP contribution in [-0.4, -0.2) is 55.1 Å². The van der Waals surface area contributed by atoms with Crippen molar-refractivity contribution in [1.82, 2.24) is 10.2 Å². The molecular formula is C16H22N2O4. The van der Waals surface area contributed by atoms with E-state index in [1.807, 2.05) is 19.9 Å². The van der Waals surface area contributed by atoms with Crippen LogP contribution in [0.5, 0.6) is 5.75 Å². The summed E-state index contributed by atoms with van der Waals surface area (Å²) in [6.45, 7) is 5.87. The van der Waals surface area contributed by atoms with Crippen molar-refractivity contribution in [1.29, 1.82) is 0 Å². The van der Waals surface area contributed by atoms with Gasteiger partial charge in [-0.05, 0) is 25.0 Å². The van der Waals surface area contributed by atoms with Crippen LogP contribution in [0.2, 0.25) is 0 Å². The second-order valence-electron chi connectivity index (χ2n) is 5.86. The van der Waals surface area contributed by atoms with Gasteiger partial charge in [0.05, 0.1) is 31.9 Å². The van der Waals surface area contributed by atoms with Gasteiger partial charge in [0.25, 0.3) is 0 Å². The number of hydrogen-bond donors (Lipinski definition) is 2. The number of nitrogens with one attached hydrogen (secondary N) is 1. The van der Waals surface area contributed by atoms with Gasteiger partial charge in [-0.1, -0.05) is 12.1 Å². The van der Waals surface area contributed by atoms with E-state index in [1.54, 1.807) is 4.90 Å². The summed E-state index contributed by atoms with van der Waals surface area (Å²) in [6.07, 6.45) is -0.295. The molecule has 0 saturated carbocycles. The molecule has 2 aliphatic rings. The summed E-state index contributed by atoms with van der Waals surface area (Å²) >= 11 is 0. The van der Waals surface area contributed by atoms with Gasteiger partial charge in [-0.15, -0.1) is 0 Å². The van der Waals surface area contributed by atoms with E-state index in [0.29, 0.717) is 26.3 Å². The van der Waals surface area contributed by atoms with Crippen LogP contribution in [0, 0.1) is 13.8 Å². The average molecular weight is 306 g/mol. The molecule has 1 aromatic carbocycles. The number of nitrogens with zero attached hydrogens (tertiary/aromatic N) is 1. The third-order valence-electron chi connectivity index (χ3n) is 4.40. The zero-order valence-corrected chi connectivity index (χ0v) is 13.0. The van der Waals surface area contributed by atoms with Crippen molar-refractivity contribution in [3.05, 3.63) is 28.8 Å². The minimum absolute atomic E-state index is 0.0718. The fourth-order valence-corrected chi connectivity index (χ4v) is 2.91. The number of carbonyl (C=O) groups excluding carboxylic acids is 1. The van der Waals surface area contributed by atoms with E-state index in [0.717, 1.165) is 16.9 Å². The minimum atomic E-state index is -0.295. The molecule has 6 nitrogen and oxygen atoms in total. The van der Waals surface area contributed by atoms with Crippen LogP contribution in [-0.2, 0) is 4.74 Å². The van der Waals surface area contributed by atoms with Gasteiger partial charge in [-0.25, -0.2) is 4.79 Å². The van der Waals surface area contributed by atoms with Crippen molar-refractivity contribution < 1.29 is 19.4 Å². The average Bonchev–Trinajstić information content (AvgIpc) is 2.94. The van der Waals surface area contributed by atoms with Crippen LogP contribution in [0.25, 0.3) is 0 Å². The summed E-state index contributed by atoms with van der Waals surface area (Å²) < 4.78 is 11.1. The van der Waals surface area contributed by atoms with Gasteiger partial charge in [0.15, 0.2) is 0 Å². The van der Waals surface area contributed by atoms with E-state index < -0.39 is 0 Å². The third kappa shape index (κ3) is 2.76. The maximum atomic E-state index is 12.4. The Balaban J connectivity index is 1.68. The lowest BCUT2D eigenvalue weighted by Gasteiger charge is -2.32. The van der Waals surface area contributed by atoms with Crippen LogP contribution >= 0.6 is 0 Å². The van der Waals surface area contributed by atoms with Crippen molar-refractivity contribution in [2.45, 2.75) is 26.0 Å². The van der Waals surface area contributed by atoms with Gasteiger partial charge in [0.2, 0.25) is 0 Å². The van der Waals surface area contributed by atoms with Crippen molar-refractivity contribution in [2.75, 3.05) is 32.9 Å². The Morgan fingerprint density at radius 2 is 2.27 bits per heavy atom. The first-order valence-corrected chi connectivity index (χ1v) is 7.61. The molecule has 0 aliphatic carbocycles. The number of morpholine rings is 1. The lowest BCUT2D eigenvalue weighted by atomic mass is 10.0. The van der Waals surface area contributed by atoms with Crippen LogP contribution < -0.4 is 10.1 Å². The molecular weight excluding hydrogens is 284 g/mol. The number of fused-ring (bicyclic) bond motifs is 1. The zero-order chi connectivity index (χ0) is 15.7. The fourth-order valence-electron chi connectivity index (χ4n) is 2.91. The Morgan fingerprint density at radius 3 is 3.05 bits per heavy atom. The van der Waals surface area contributed by atoms with Crippen LogP contribution in [0.4, 0.5) is 4.79 Å². The highest BCUT2D eigenvalue weighted by atomic mass is 16.5. The summed E-state index contributed by atoms with van der Waals surface area (Å²) in [5.41, 5.74) is 3.34. The lowest BCUT2D eigenvalue weighted by molar-refractivity contribution is -0.0405. The Hall–Kier alpha value is -1.79. The standard InChI is InChI=1S/C16H22N2O4/c1-10-3-4-13-14(9-22-15(13)11(10)2)17-16(20)18-5-6-21-12(7-18)8-19/h3-4,12,14,19H,5-9H2,1-2H3,(H,17,20)/t12-,14-/m1/s1. The van der Waals surface area contributed by atoms with E-state index in [1.165, 1.54) is 5.56 Å². The predicted octanol–water partition coefficient (Wildman–Crippen LogP) is 1.14. The number of urea groups is 1. The molecule has 0 unspecified atom stereocenters. The van der Waals surface area contributed by atoms with Crippen molar-refractivity contribution in [3.63, 3.8) is 0 Å². The number of ether oxygens (including phenoxy) is 2. The molecule has 6 heteroatoms. The van der Waals surface area contributed by atoms with E-state index in [9.17, 15) is 4.79 Å². The molecule has 2 heterocycles. The van der Waals surface area contributed by atoms with E-state index in [4.69, 9.17) is 14.6 Å². The zero-order valence-electron chi connectivity index (χ0n) is 13.0. The number of hydrogen-bond acceptors (Lipinski definition) is 4. The van der Waals surface area contributed by atoms with E-state index >= 15 is 0 Å². The number of carbonyl (C=O) groups is 1. The summed E-state index contributed by atoms with van der Waals surface area (Å²) in [5, 5.41) is 12.2. The van der Waals surface area contributed by atoms with Gasteiger partial charge in [0, 0.05) is 12.1 Å². The molecule has 22 heavy (non-hydrogen) atoms. The van der Waals surface area contributed by atoms with Gasteiger partial charge >= 0.3 is 6.03 Å². The van der Waals surface area contributed by atoms with Crippen LogP contribution in [0.3, 0.4) is 0 Å². The molecule has 120 valence electrons. The largest absolute Gasteiger partial charge is 0.490 e. The van der Waals surface area contributed by atoms with Crippen molar-refractivity contribution in [2.24, 2.45) is 0 Å². The normalized spacial score (nSPS) is 23.9. The molecule has 1 fully saturated rings. The van der Waals surface area contributed by atoms with E-state index in [2.05, 4.69) is 11.4 Å². The smallest absolute Gasteiger partial charge is 0.318 e. The molecule has 0 radical (unpaired) electrons. The highest BCUT2D eigenvalue weighted by Crippen LogP contribution is 2.36. The first-order chi connectivity index (χ1) is 10.6. The highest BCUT2D eigenvalue weighted by Gasteiger charge is 2.30. The van der Waals surface area contributed by atoms with Gasteiger partial charge in [-0.3, -0.25) is 0 Å². The monoisotopic (exact) mass is 306 g/mol. The molecule has 0 aromatic heterocycles. The topological polar surface area (TPSA) is 71.0 Å². The Morgan fingerprint density at radius 1 is 1.45 bits per heavy atom. The lowest BCUT2D eigenvalue weighted by Crippen LogP contribution is -2.51. The van der Waals surface area contributed by atoms with E-state index in [-0.39, 0.29) is 24.8 Å². The fraction of sp³-hybridized carbons (Fsp3) is 0.562. The van der Waals surface area contributed by atoms with Crippen molar-refractivity contribution in [3.8, 4) is 5.75 Å². The molecule has 2 aliphatic heterocycles. The van der Waals surface area contributed by atoms with Crippen LogP contribution in [0.15, 0.2) is 12.1 Å². The number of aryl methyl sites for hydroxylation is 1. The van der Waals surface area contributed by atoms with Gasteiger partial charge in [0.1, 0.15) is 12.4 Å². The number of rotatable bonds is 2. The molecule has 2 N–H and O–H groups in total. The SMILES string of the molecule is Cc1ccc2c(c1C)OC[C@H]2NC(=O)N1CCO[C@@H](CO)C1. The second-order valence-corrected chi connectivity index (χ2v) is 5.86. The second kappa shape index (κ2) is 6.14. The number of aliphatic hydroxyl groups excluding tert-OH is 1.